The third-order valence-electron chi connectivity index (χ3n) is 2.85. The minimum absolute atomic E-state index is 0.533. The van der Waals surface area contributed by atoms with Crippen LogP contribution in [-0.2, 0) is 0 Å². The summed E-state index contributed by atoms with van der Waals surface area (Å²) < 4.78 is 0. The van der Waals surface area contributed by atoms with Gasteiger partial charge in [-0.15, -0.1) is 0 Å². The molecule has 3 nitrogen and oxygen atoms in total. The van der Waals surface area contributed by atoms with Crippen molar-refractivity contribution in [2.24, 2.45) is 0 Å². The number of hydrogen-bond donors (Lipinski definition) is 1. The fourth-order valence-electron chi connectivity index (χ4n) is 1.64. The number of nitrogens with two attached hydrogens (primary N) is 1. The van der Waals surface area contributed by atoms with E-state index in [9.17, 15) is 0 Å². The maximum Gasteiger partial charge on any atom is 0.128 e. The summed E-state index contributed by atoms with van der Waals surface area (Å²) >= 11 is 1.87. The lowest BCUT2D eigenvalue weighted by Crippen LogP contribution is -2.33. The zero-order valence-corrected chi connectivity index (χ0v) is 11.3. The van der Waals surface area contributed by atoms with Crippen molar-refractivity contribution in [2.45, 2.75) is 26.3 Å². The highest BCUT2D eigenvalue weighted by Crippen LogP contribution is 2.19. The van der Waals surface area contributed by atoms with E-state index < -0.39 is 0 Å². The molecule has 0 saturated heterocycles. The molecule has 1 unspecified atom stereocenters. The zero-order chi connectivity index (χ0) is 12.1. The van der Waals surface area contributed by atoms with Gasteiger partial charge < -0.3 is 10.6 Å². The number of aromatic nitrogens is 1. The van der Waals surface area contributed by atoms with Crippen molar-refractivity contribution in [3.63, 3.8) is 0 Å². The molecule has 0 spiro atoms. The van der Waals surface area contributed by atoms with Crippen LogP contribution < -0.4 is 10.6 Å². The van der Waals surface area contributed by atoms with Crippen LogP contribution in [-0.4, -0.2) is 30.1 Å². The first-order valence-corrected chi connectivity index (χ1v) is 6.94. The van der Waals surface area contributed by atoms with Crippen LogP contribution in [0.3, 0.4) is 0 Å². The van der Waals surface area contributed by atoms with Crippen LogP contribution in [0.5, 0.6) is 0 Å². The molecule has 1 rings (SSSR count). The van der Waals surface area contributed by atoms with Gasteiger partial charge in [-0.3, -0.25) is 0 Å². The van der Waals surface area contributed by atoms with Crippen molar-refractivity contribution < 1.29 is 0 Å². The van der Waals surface area contributed by atoms with E-state index in [1.807, 2.05) is 30.8 Å². The minimum Gasteiger partial charge on any atom is -0.397 e. The van der Waals surface area contributed by atoms with Crippen molar-refractivity contribution in [2.75, 3.05) is 29.7 Å². The fraction of sp³-hybridized carbons (Fsp3) is 0.583. The van der Waals surface area contributed by atoms with Gasteiger partial charge in [0.15, 0.2) is 0 Å². The Balaban J connectivity index is 2.85. The summed E-state index contributed by atoms with van der Waals surface area (Å²) in [6.07, 6.45) is 3.26. The normalized spacial score (nSPS) is 12.5. The van der Waals surface area contributed by atoms with E-state index in [1.165, 1.54) is 0 Å². The molecule has 0 radical (unpaired) electrons. The van der Waals surface area contributed by atoms with Crippen molar-refractivity contribution in [1.82, 2.24) is 4.98 Å². The number of pyridine rings is 1. The molecule has 4 heteroatoms. The van der Waals surface area contributed by atoms with Crippen LogP contribution >= 0.6 is 11.8 Å². The second-order valence-electron chi connectivity index (χ2n) is 3.97. The van der Waals surface area contributed by atoms with Gasteiger partial charge in [-0.05, 0) is 31.7 Å². The van der Waals surface area contributed by atoms with Gasteiger partial charge in [-0.25, -0.2) is 4.98 Å². The summed E-state index contributed by atoms with van der Waals surface area (Å²) in [5, 5.41) is 0. The maximum absolute atomic E-state index is 5.77. The molecule has 0 aliphatic heterocycles. The fourth-order valence-corrected chi connectivity index (χ4v) is 2.48. The van der Waals surface area contributed by atoms with E-state index in [0.717, 1.165) is 29.4 Å². The standard InChI is InChI=1S/C12H21N3S/c1-5-10(8-16-4)15(3)12-7-6-11(13)9(2)14-12/h6-7,10H,5,8,13H2,1-4H3. The number of thioether (sulfide) groups is 1. The van der Waals surface area contributed by atoms with Crippen LogP contribution in [0.1, 0.15) is 19.0 Å². The molecule has 0 aliphatic rings. The number of anilines is 2. The highest BCUT2D eigenvalue weighted by atomic mass is 32.2. The van der Waals surface area contributed by atoms with E-state index in [4.69, 9.17) is 5.73 Å². The van der Waals surface area contributed by atoms with Crippen molar-refractivity contribution in [1.29, 1.82) is 0 Å². The van der Waals surface area contributed by atoms with Gasteiger partial charge in [0.2, 0.25) is 0 Å². The second kappa shape index (κ2) is 5.99. The average molecular weight is 239 g/mol. The SMILES string of the molecule is CCC(CSC)N(C)c1ccc(N)c(C)n1. The van der Waals surface area contributed by atoms with E-state index in [1.54, 1.807) is 0 Å². The summed E-state index contributed by atoms with van der Waals surface area (Å²) in [5.74, 6) is 2.13. The van der Waals surface area contributed by atoms with Crippen molar-refractivity contribution in [3.8, 4) is 0 Å². The monoisotopic (exact) mass is 239 g/mol. The predicted molar refractivity (Wildman–Crippen MR) is 74.3 cm³/mol. The first-order valence-electron chi connectivity index (χ1n) is 5.55. The number of hydrogen-bond acceptors (Lipinski definition) is 4. The number of rotatable bonds is 5. The molecular formula is C12H21N3S. The average Bonchev–Trinajstić information content (AvgIpc) is 2.28. The summed E-state index contributed by atoms with van der Waals surface area (Å²) in [5.41, 5.74) is 7.44. The van der Waals surface area contributed by atoms with Crippen molar-refractivity contribution in [3.05, 3.63) is 17.8 Å². The second-order valence-corrected chi connectivity index (χ2v) is 4.88. The number of nitrogens with zero attached hydrogens (tertiary/aromatic N) is 2. The van der Waals surface area contributed by atoms with Crippen LogP contribution in [0.2, 0.25) is 0 Å². The first-order chi connectivity index (χ1) is 7.60. The Kier molecular flexibility index (Phi) is 4.93. The molecule has 0 aromatic carbocycles. The number of aryl methyl sites for hydroxylation is 1. The number of nitrogen functional groups attached to an aromatic ring is 1. The molecule has 2 N–H and O–H groups in total. The first kappa shape index (κ1) is 13.2. The summed E-state index contributed by atoms with van der Waals surface area (Å²) in [6.45, 7) is 4.16. The van der Waals surface area contributed by atoms with Gasteiger partial charge in [0.05, 0.1) is 11.4 Å². The molecule has 1 heterocycles. The topological polar surface area (TPSA) is 42.1 Å². The smallest absolute Gasteiger partial charge is 0.128 e. The summed E-state index contributed by atoms with van der Waals surface area (Å²) in [6, 6.07) is 4.45. The van der Waals surface area contributed by atoms with Crippen LogP contribution in [0, 0.1) is 6.92 Å². The van der Waals surface area contributed by atoms with Crippen LogP contribution in [0.4, 0.5) is 11.5 Å². The molecule has 16 heavy (non-hydrogen) atoms. The molecule has 0 aliphatic carbocycles. The van der Waals surface area contributed by atoms with Crippen LogP contribution in [0.25, 0.3) is 0 Å². The highest BCUT2D eigenvalue weighted by molar-refractivity contribution is 7.98. The lowest BCUT2D eigenvalue weighted by molar-refractivity contribution is 0.665. The molecule has 0 saturated carbocycles. The Bertz CT molecular complexity index is 341. The Morgan fingerprint density at radius 3 is 2.69 bits per heavy atom. The Morgan fingerprint density at radius 2 is 2.19 bits per heavy atom. The van der Waals surface area contributed by atoms with Gasteiger partial charge in [0.25, 0.3) is 0 Å². The van der Waals surface area contributed by atoms with Crippen molar-refractivity contribution >= 4 is 23.3 Å². The quantitative estimate of drug-likeness (QED) is 0.857. The molecule has 90 valence electrons. The molecule has 0 amide bonds. The summed E-state index contributed by atoms with van der Waals surface area (Å²) in [4.78, 5) is 6.75. The van der Waals surface area contributed by atoms with Gasteiger partial charge in [0, 0.05) is 18.8 Å². The molecular weight excluding hydrogens is 218 g/mol. The molecule has 1 atom stereocenters. The van der Waals surface area contributed by atoms with Gasteiger partial charge in [0.1, 0.15) is 5.82 Å². The molecule has 1 aromatic heterocycles. The van der Waals surface area contributed by atoms with E-state index in [-0.39, 0.29) is 0 Å². The lowest BCUT2D eigenvalue weighted by atomic mass is 10.2. The Morgan fingerprint density at radius 1 is 1.50 bits per heavy atom. The van der Waals surface area contributed by atoms with Gasteiger partial charge in [-0.2, -0.15) is 11.8 Å². The van der Waals surface area contributed by atoms with Crippen LogP contribution in [0.15, 0.2) is 12.1 Å². The molecule has 1 aromatic rings. The Labute approximate surface area is 102 Å². The molecule has 0 fully saturated rings. The Hall–Kier alpha value is -0.900. The van der Waals surface area contributed by atoms with E-state index in [2.05, 4.69) is 30.1 Å². The largest absolute Gasteiger partial charge is 0.397 e. The third-order valence-corrected chi connectivity index (χ3v) is 3.57. The third kappa shape index (κ3) is 3.04. The predicted octanol–water partition coefficient (Wildman–Crippen LogP) is 2.55. The highest BCUT2D eigenvalue weighted by Gasteiger charge is 2.14. The van der Waals surface area contributed by atoms with E-state index in [0.29, 0.717) is 6.04 Å². The van der Waals surface area contributed by atoms with Gasteiger partial charge in [-0.1, -0.05) is 6.92 Å². The minimum atomic E-state index is 0.533. The zero-order valence-electron chi connectivity index (χ0n) is 10.5. The lowest BCUT2D eigenvalue weighted by Gasteiger charge is -2.28. The van der Waals surface area contributed by atoms with E-state index >= 15 is 0 Å². The molecule has 0 bridgehead atoms. The maximum atomic E-state index is 5.77. The van der Waals surface area contributed by atoms with Gasteiger partial charge >= 0.3 is 0 Å². The summed E-state index contributed by atoms with van der Waals surface area (Å²) in [7, 11) is 2.10.